The molecule has 0 aromatic carbocycles. The topological polar surface area (TPSA) is 72.9 Å². The summed E-state index contributed by atoms with van der Waals surface area (Å²) in [6.45, 7) is 5.33. The predicted octanol–water partition coefficient (Wildman–Crippen LogP) is 0.494. The summed E-state index contributed by atoms with van der Waals surface area (Å²) in [4.78, 5) is 37.0. The van der Waals surface area contributed by atoms with Gasteiger partial charge in [0.2, 0.25) is 11.4 Å². The van der Waals surface area contributed by atoms with E-state index in [9.17, 15) is 14.4 Å². The lowest BCUT2D eigenvalue weighted by molar-refractivity contribution is -0.176. The van der Waals surface area contributed by atoms with Crippen molar-refractivity contribution < 1.29 is 23.9 Å². The van der Waals surface area contributed by atoms with E-state index in [2.05, 4.69) is 0 Å². The second-order valence-electron chi connectivity index (χ2n) is 4.08. The first-order valence-electron chi connectivity index (χ1n) is 6.13. The highest BCUT2D eigenvalue weighted by Gasteiger charge is 2.57. The molecule has 0 aromatic heterocycles. The minimum Gasteiger partial charge on any atom is -0.464 e. The molecule has 0 spiro atoms. The van der Waals surface area contributed by atoms with Crippen molar-refractivity contribution in [3.8, 4) is 0 Å². The van der Waals surface area contributed by atoms with E-state index in [0.717, 1.165) is 0 Å². The third kappa shape index (κ3) is 2.32. The second-order valence-corrected chi connectivity index (χ2v) is 4.08. The lowest BCUT2D eigenvalue weighted by Crippen LogP contribution is -2.59. The van der Waals surface area contributed by atoms with E-state index in [1.54, 1.807) is 13.8 Å². The van der Waals surface area contributed by atoms with Crippen LogP contribution in [0.2, 0.25) is 0 Å². The molecule has 1 aliphatic rings. The van der Waals surface area contributed by atoms with Gasteiger partial charge in [0.1, 0.15) is 0 Å². The molecule has 0 radical (unpaired) electrons. The molecule has 1 rings (SSSR count). The van der Waals surface area contributed by atoms with Crippen molar-refractivity contribution in [3.05, 3.63) is 0 Å². The van der Waals surface area contributed by atoms with Crippen LogP contribution in [0.5, 0.6) is 0 Å². The van der Waals surface area contributed by atoms with Gasteiger partial charge in [0.15, 0.2) is 0 Å². The Morgan fingerprint density at radius 2 is 1.61 bits per heavy atom. The quantitative estimate of drug-likeness (QED) is 0.541. The third-order valence-electron chi connectivity index (χ3n) is 2.99. The maximum atomic E-state index is 12.1. The fourth-order valence-electron chi connectivity index (χ4n) is 2.25. The minimum atomic E-state index is -1.59. The van der Waals surface area contributed by atoms with Gasteiger partial charge in [0.05, 0.1) is 13.2 Å². The normalized spacial score (nSPS) is 17.4. The van der Waals surface area contributed by atoms with Crippen LogP contribution in [-0.2, 0) is 23.9 Å². The molecule has 18 heavy (non-hydrogen) atoms. The van der Waals surface area contributed by atoms with Crippen molar-refractivity contribution in [2.75, 3.05) is 19.8 Å². The van der Waals surface area contributed by atoms with E-state index in [4.69, 9.17) is 9.47 Å². The predicted molar refractivity (Wildman–Crippen MR) is 62.6 cm³/mol. The van der Waals surface area contributed by atoms with Gasteiger partial charge >= 0.3 is 11.9 Å². The maximum Gasteiger partial charge on any atom is 0.343 e. The Kier molecular flexibility index (Phi) is 4.69. The lowest BCUT2D eigenvalue weighted by Gasteiger charge is -2.33. The first-order valence-corrected chi connectivity index (χ1v) is 6.13. The SMILES string of the molecule is CCOC(=O)C1(C(=O)OCC)CCCN1C(C)=O. The number of nitrogens with zero attached hydrogens (tertiary/aromatic N) is 1. The summed E-state index contributed by atoms with van der Waals surface area (Å²) < 4.78 is 9.89. The molecule has 1 fully saturated rings. The summed E-state index contributed by atoms with van der Waals surface area (Å²) >= 11 is 0. The van der Waals surface area contributed by atoms with Crippen molar-refractivity contribution in [2.24, 2.45) is 0 Å². The van der Waals surface area contributed by atoms with E-state index in [1.807, 2.05) is 0 Å². The first-order chi connectivity index (χ1) is 8.50. The minimum absolute atomic E-state index is 0.158. The zero-order valence-corrected chi connectivity index (χ0v) is 11.0. The lowest BCUT2D eigenvalue weighted by atomic mass is 9.96. The number of carbonyl (C=O) groups excluding carboxylic acids is 3. The summed E-state index contributed by atoms with van der Waals surface area (Å²) in [5, 5.41) is 0. The van der Waals surface area contributed by atoms with Gasteiger partial charge < -0.3 is 14.4 Å². The Bertz CT molecular complexity index is 334. The number of likely N-dealkylation sites (tertiary alicyclic amines) is 1. The summed E-state index contributed by atoms with van der Waals surface area (Å²) in [6, 6.07) is 0. The van der Waals surface area contributed by atoms with Crippen molar-refractivity contribution in [1.29, 1.82) is 0 Å². The van der Waals surface area contributed by atoms with Gasteiger partial charge in [-0.25, -0.2) is 9.59 Å². The van der Waals surface area contributed by atoms with Crippen molar-refractivity contribution in [2.45, 2.75) is 39.2 Å². The van der Waals surface area contributed by atoms with Gasteiger partial charge in [-0.1, -0.05) is 0 Å². The molecule has 6 nitrogen and oxygen atoms in total. The van der Waals surface area contributed by atoms with E-state index in [1.165, 1.54) is 11.8 Å². The molecule has 1 amide bonds. The zero-order valence-electron chi connectivity index (χ0n) is 11.0. The Morgan fingerprint density at radius 1 is 1.11 bits per heavy atom. The summed E-state index contributed by atoms with van der Waals surface area (Å²) in [6.07, 6.45) is 0.835. The van der Waals surface area contributed by atoms with E-state index in [0.29, 0.717) is 13.0 Å². The average molecular weight is 257 g/mol. The molecule has 0 atom stereocenters. The summed E-state index contributed by atoms with van der Waals surface area (Å²) in [5.41, 5.74) is -1.59. The molecular formula is C12H19NO5. The van der Waals surface area contributed by atoms with Gasteiger partial charge in [-0.3, -0.25) is 4.79 Å². The Hall–Kier alpha value is -1.59. The fraction of sp³-hybridized carbons (Fsp3) is 0.750. The molecule has 0 unspecified atom stereocenters. The number of carbonyl (C=O) groups is 3. The largest absolute Gasteiger partial charge is 0.464 e. The van der Waals surface area contributed by atoms with Crippen LogP contribution in [0.3, 0.4) is 0 Å². The number of ether oxygens (including phenoxy) is 2. The second kappa shape index (κ2) is 5.84. The molecule has 0 bridgehead atoms. The molecule has 6 heteroatoms. The average Bonchev–Trinajstić information content (AvgIpc) is 2.75. The molecule has 0 aliphatic carbocycles. The van der Waals surface area contributed by atoms with Crippen LogP contribution in [0.4, 0.5) is 0 Å². The monoisotopic (exact) mass is 257 g/mol. The van der Waals surface area contributed by atoms with E-state index >= 15 is 0 Å². The maximum absolute atomic E-state index is 12.1. The van der Waals surface area contributed by atoms with Gasteiger partial charge in [-0.2, -0.15) is 0 Å². The molecule has 1 heterocycles. The molecule has 102 valence electrons. The van der Waals surface area contributed by atoms with Crippen LogP contribution in [0.1, 0.15) is 33.6 Å². The summed E-state index contributed by atoms with van der Waals surface area (Å²) in [7, 11) is 0. The van der Waals surface area contributed by atoms with Crippen LogP contribution in [0.15, 0.2) is 0 Å². The summed E-state index contributed by atoms with van der Waals surface area (Å²) in [5.74, 6) is -1.72. The van der Waals surface area contributed by atoms with Gasteiger partial charge in [0.25, 0.3) is 0 Å². The number of hydrogen-bond donors (Lipinski definition) is 0. The van der Waals surface area contributed by atoms with E-state index < -0.39 is 17.5 Å². The van der Waals surface area contributed by atoms with Crippen molar-refractivity contribution >= 4 is 17.8 Å². The highest BCUT2D eigenvalue weighted by atomic mass is 16.6. The Morgan fingerprint density at radius 3 is 2.00 bits per heavy atom. The highest BCUT2D eigenvalue weighted by molar-refractivity contribution is 6.08. The highest BCUT2D eigenvalue weighted by Crippen LogP contribution is 2.32. The Balaban J connectivity index is 3.11. The number of amides is 1. The van der Waals surface area contributed by atoms with Crippen LogP contribution in [0.25, 0.3) is 0 Å². The van der Waals surface area contributed by atoms with Crippen molar-refractivity contribution in [1.82, 2.24) is 4.90 Å². The van der Waals surface area contributed by atoms with Crippen LogP contribution in [0, 0.1) is 0 Å². The molecule has 0 saturated carbocycles. The molecule has 1 saturated heterocycles. The van der Waals surface area contributed by atoms with Gasteiger partial charge in [0, 0.05) is 13.5 Å². The van der Waals surface area contributed by atoms with Crippen LogP contribution in [-0.4, -0.2) is 48.0 Å². The third-order valence-corrected chi connectivity index (χ3v) is 2.99. The first kappa shape index (κ1) is 14.5. The smallest absolute Gasteiger partial charge is 0.343 e. The van der Waals surface area contributed by atoms with Gasteiger partial charge in [-0.15, -0.1) is 0 Å². The zero-order chi connectivity index (χ0) is 13.8. The fourth-order valence-corrected chi connectivity index (χ4v) is 2.25. The van der Waals surface area contributed by atoms with Crippen LogP contribution >= 0.6 is 0 Å². The van der Waals surface area contributed by atoms with Crippen molar-refractivity contribution in [3.63, 3.8) is 0 Å². The Labute approximate surface area is 106 Å². The van der Waals surface area contributed by atoms with E-state index in [-0.39, 0.29) is 25.5 Å². The van der Waals surface area contributed by atoms with Crippen LogP contribution < -0.4 is 0 Å². The number of rotatable bonds is 4. The molecule has 0 N–H and O–H groups in total. The standard InChI is InChI=1S/C12H19NO5/c1-4-17-10(15)12(11(16)18-5-2)7-6-8-13(12)9(3)14/h4-8H2,1-3H3. The molecule has 1 aliphatic heterocycles. The molecule has 0 aromatic rings. The number of hydrogen-bond acceptors (Lipinski definition) is 5. The molecular weight excluding hydrogens is 238 g/mol. The number of esters is 2. The van der Waals surface area contributed by atoms with Gasteiger partial charge in [-0.05, 0) is 26.7 Å².